The molecule has 2 aliphatic rings. The summed E-state index contributed by atoms with van der Waals surface area (Å²) >= 11 is 6.82. The summed E-state index contributed by atoms with van der Waals surface area (Å²) < 4.78 is 2.28. The van der Waals surface area contributed by atoms with Crippen LogP contribution >= 0.6 is 24.0 Å². The Balaban J connectivity index is 1.73. The number of pyridine rings is 1. The SMILES string of the molecule is CCCn1c(N2CCN(Cc3ccccc3)CC2)c(/C=C2\SC(=S)N(CC(C)C)C2=O)c(C)c(C#N)c1=O. The molecule has 0 saturated carbocycles. The molecule has 0 spiro atoms. The number of carbonyl (C=O) groups is 1. The fraction of sp³-hybridized carbons (Fsp3) is 0.448. The average Bonchev–Trinajstić information content (AvgIpc) is 3.15. The van der Waals surface area contributed by atoms with Crippen LogP contribution in [0.15, 0.2) is 40.0 Å². The zero-order valence-electron chi connectivity index (χ0n) is 22.6. The van der Waals surface area contributed by atoms with E-state index in [0.29, 0.717) is 27.9 Å². The zero-order chi connectivity index (χ0) is 27.4. The predicted octanol–water partition coefficient (Wildman–Crippen LogP) is 4.62. The van der Waals surface area contributed by atoms with Gasteiger partial charge in [-0.3, -0.25) is 24.0 Å². The van der Waals surface area contributed by atoms with Crippen molar-refractivity contribution in [2.75, 3.05) is 37.6 Å². The molecule has 2 saturated heterocycles. The van der Waals surface area contributed by atoms with Gasteiger partial charge < -0.3 is 4.90 Å². The fourth-order valence-corrected chi connectivity index (χ4v) is 6.29. The van der Waals surface area contributed by atoms with E-state index in [2.05, 4.69) is 54.0 Å². The number of amides is 1. The van der Waals surface area contributed by atoms with Gasteiger partial charge in [0.15, 0.2) is 0 Å². The minimum Gasteiger partial charge on any atom is -0.355 e. The van der Waals surface area contributed by atoms with Crippen molar-refractivity contribution in [3.63, 3.8) is 0 Å². The molecule has 2 aromatic rings. The summed E-state index contributed by atoms with van der Waals surface area (Å²) in [5.41, 5.74) is 2.52. The summed E-state index contributed by atoms with van der Waals surface area (Å²) in [5.74, 6) is 0.971. The second kappa shape index (κ2) is 12.3. The molecule has 3 heterocycles. The largest absolute Gasteiger partial charge is 0.355 e. The Kier molecular flexibility index (Phi) is 9.08. The molecular formula is C29H35N5O2S2. The molecule has 7 nitrogen and oxygen atoms in total. The van der Waals surface area contributed by atoms with Gasteiger partial charge in [0, 0.05) is 51.4 Å². The molecule has 0 unspecified atom stereocenters. The van der Waals surface area contributed by atoms with Crippen LogP contribution in [0, 0.1) is 24.2 Å². The van der Waals surface area contributed by atoms with E-state index in [1.165, 1.54) is 17.3 Å². The Morgan fingerprint density at radius 1 is 1.13 bits per heavy atom. The Labute approximate surface area is 234 Å². The van der Waals surface area contributed by atoms with Gasteiger partial charge in [0.1, 0.15) is 21.8 Å². The highest BCUT2D eigenvalue weighted by atomic mass is 32.2. The van der Waals surface area contributed by atoms with Crippen LogP contribution in [0.5, 0.6) is 0 Å². The van der Waals surface area contributed by atoms with Gasteiger partial charge >= 0.3 is 0 Å². The van der Waals surface area contributed by atoms with Crippen LogP contribution in [0.25, 0.3) is 6.08 Å². The second-order valence-corrected chi connectivity index (χ2v) is 11.9. The van der Waals surface area contributed by atoms with Gasteiger partial charge in [0.2, 0.25) is 0 Å². The number of benzene rings is 1. The van der Waals surface area contributed by atoms with Crippen LogP contribution in [0.1, 0.15) is 49.4 Å². The molecule has 0 radical (unpaired) electrons. The van der Waals surface area contributed by atoms with E-state index in [1.807, 2.05) is 26.0 Å². The number of anilines is 1. The number of carbonyl (C=O) groups excluding carboxylic acids is 1. The van der Waals surface area contributed by atoms with Crippen molar-refractivity contribution in [2.45, 2.75) is 47.2 Å². The number of nitrogens with zero attached hydrogens (tertiary/aromatic N) is 5. The highest BCUT2D eigenvalue weighted by Gasteiger charge is 2.34. The maximum Gasteiger partial charge on any atom is 0.270 e. The van der Waals surface area contributed by atoms with Crippen molar-refractivity contribution in [1.29, 1.82) is 5.26 Å². The summed E-state index contributed by atoms with van der Waals surface area (Å²) in [6.45, 7) is 13.1. The van der Waals surface area contributed by atoms with Gasteiger partial charge in [-0.15, -0.1) is 0 Å². The summed E-state index contributed by atoms with van der Waals surface area (Å²) in [5, 5.41) is 9.88. The third-order valence-electron chi connectivity index (χ3n) is 6.91. The molecule has 0 atom stereocenters. The number of piperazine rings is 1. The lowest BCUT2D eigenvalue weighted by Crippen LogP contribution is -2.48. The fourth-order valence-electron chi connectivity index (χ4n) is 5.03. The first kappa shape index (κ1) is 28.1. The summed E-state index contributed by atoms with van der Waals surface area (Å²) in [6.07, 6.45) is 2.61. The standard InChI is InChI=1S/C29H35N5O2S2/c1-5-11-33-26(32-14-12-31(13-15-32)19-22-9-7-6-8-10-22)23(21(4)24(17-30)27(33)35)16-25-28(36)34(18-20(2)3)29(37)38-25/h6-10,16,20H,5,11-15,18-19H2,1-4H3/b25-16-. The highest BCUT2D eigenvalue weighted by Crippen LogP contribution is 2.36. The number of nitriles is 1. The quantitative estimate of drug-likeness (QED) is 0.352. The van der Waals surface area contributed by atoms with Crippen LogP contribution < -0.4 is 10.5 Å². The predicted molar refractivity (Wildman–Crippen MR) is 159 cm³/mol. The van der Waals surface area contributed by atoms with Crippen molar-refractivity contribution < 1.29 is 4.79 Å². The lowest BCUT2D eigenvalue weighted by atomic mass is 10.0. The first-order chi connectivity index (χ1) is 18.2. The van der Waals surface area contributed by atoms with Gasteiger partial charge in [0.05, 0.1) is 4.91 Å². The maximum atomic E-state index is 13.4. The van der Waals surface area contributed by atoms with Crippen molar-refractivity contribution in [3.8, 4) is 6.07 Å². The van der Waals surface area contributed by atoms with E-state index >= 15 is 0 Å². The third-order valence-corrected chi connectivity index (χ3v) is 8.29. The highest BCUT2D eigenvalue weighted by molar-refractivity contribution is 8.26. The number of hydrogen-bond acceptors (Lipinski definition) is 7. The zero-order valence-corrected chi connectivity index (χ0v) is 24.2. The number of thiocarbonyl (C=S) groups is 1. The number of hydrogen-bond donors (Lipinski definition) is 0. The summed E-state index contributed by atoms with van der Waals surface area (Å²) in [6, 6.07) is 12.6. The van der Waals surface area contributed by atoms with Crippen molar-refractivity contribution in [3.05, 3.63) is 67.8 Å². The van der Waals surface area contributed by atoms with Gasteiger partial charge in [-0.25, -0.2) is 0 Å². The van der Waals surface area contributed by atoms with Gasteiger partial charge in [0.25, 0.3) is 11.5 Å². The van der Waals surface area contributed by atoms with Crippen LogP contribution in [0.4, 0.5) is 5.82 Å². The summed E-state index contributed by atoms with van der Waals surface area (Å²) in [7, 11) is 0. The van der Waals surface area contributed by atoms with Crippen molar-refractivity contribution in [2.24, 2.45) is 5.92 Å². The Bertz CT molecular complexity index is 1340. The Hall–Kier alpha value is -2.93. The molecular weight excluding hydrogens is 514 g/mol. The van der Waals surface area contributed by atoms with Crippen molar-refractivity contribution >= 4 is 46.1 Å². The first-order valence-electron chi connectivity index (χ1n) is 13.2. The van der Waals surface area contributed by atoms with E-state index in [4.69, 9.17) is 12.2 Å². The van der Waals surface area contributed by atoms with E-state index in [0.717, 1.165) is 50.5 Å². The molecule has 1 amide bonds. The molecule has 1 aromatic carbocycles. The molecule has 2 fully saturated rings. The Morgan fingerprint density at radius 3 is 2.42 bits per heavy atom. The smallest absolute Gasteiger partial charge is 0.270 e. The lowest BCUT2D eigenvalue weighted by molar-refractivity contribution is -0.122. The van der Waals surface area contributed by atoms with E-state index in [9.17, 15) is 14.9 Å². The lowest BCUT2D eigenvalue weighted by Gasteiger charge is -2.38. The minimum absolute atomic E-state index is 0.113. The molecule has 1 aromatic heterocycles. The van der Waals surface area contributed by atoms with E-state index in [1.54, 1.807) is 9.47 Å². The monoisotopic (exact) mass is 549 g/mol. The van der Waals surface area contributed by atoms with Gasteiger partial charge in [-0.1, -0.05) is 75.1 Å². The van der Waals surface area contributed by atoms with Crippen LogP contribution in [-0.2, 0) is 17.9 Å². The molecule has 0 bridgehead atoms. The molecule has 38 heavy (non-hydrogen) atoms. The normalized spacial score (nSPS) is 17.6. The van der Waals surface area contributed by atoms with Gasteiger partial charge in [-0.2, -0.15) is 5.26 Å². The number of rotatable bonds is 8. The number of thioether (sulfide) groups is 1. The van der Waals surface area contributed by atoms with E-state index < -0.39 is 0 Å². The molecule has 200 valence electrons. The molecule has 9 heteroatoms. The van der Waals surface area contributed by atoms with Crippen LogP contribution in [0.2, 0.25) is 0 Å². The van der Waals surface area contributed by atoms with Crippen LogP contribution in [0.3, 0.4) is 0 Å². The van der Waals surface area contributed by atoms with Gasteiger partial charge in [-0.05, 0) is 36.5 Å². The summed E-state index contributed by atoms with van der Waals surface area (Å²) in [4.78, 5) is 33.6. The molecule has 0 N–H and O–H groups in total. The first-order valence-corrected chi connectivity index (χ1v) is 14.4. The molecule has 4 rings (SSSR count). The number of aromatic nitrogens is 1. The second-order valence-electron chi connectivity index (χ2n) is 10.2. The maximum absolute atomic E-state index is 13.4. The van der Waals surface area contributed by atoms with Crippen molar-refractivity contribution in [1.82, 2.24) is 14.4 Å². The van der Waals surface area contributed by atoms with E-state index in [-0.39, 0.29) is 22.9 Å². The molecule has 2 aliphatic heterocycles. The molecule has 0 aliphatic carbocycles. The third kappa shape index (κ3) is 5.88. The Morgan fingerprint density at radius 2 is 1.82 bits per heavy atom. The van der Waals surface area contributed by atoms with Crippen LogP contribution in [-0.4, -0.2) is 57.3 Å². The average molecular weight is 550 g/mol. The topological polar surface area (TPSA) is 72.6 Å². The minimum atomic E-state index is -0.266.